The molecule has 0 saturated heterocycles. The van der Waals surface area contributed by atoms with Gasteiger partial charge in [-0.25, -0.2) is 4.39 Å². The molecular formula is C24H33ClF2O. The third-order valence-electron chi connectivity index (χ3n) is 6.97. The van der Waals surface area contributed by atoms with Crippen LogP contribution in [0.25, 0.3) is 0 Å². The summed E-state index contributed by atoms with van der Waals surface area (Å²) in [5.74, 6) is 1.48. The summed E-state index contributed by atoms with van der Waals surface area (Å²) in [6.45, 7) is 2.11. The molecule has 0 spiro atoms. The van der Waals surface area contributed by atoms with E-state index in [4.69, 9.17) is 16.3 Å². The van der Waals surface area contributed by atoms with Gasteiger partial charge in [-0.2, -0.15) is 4.39 Å². The molecular weight excluding hydrogens is 378 g/mol. The van der Waals surface area contributed by atoms with E-state index < -0.39 is 11.6 Å². The van der Waals surface area contributed by atoms with Crippen LogP contribution in [-0.2, 0) is 6.42 Å². The minimum absolute atomic E-state index is 0.0144. The van der Waals surface area contributed by atoms with Crippen molar-refractivity contribution in [1.82, 2.24) is 0 Å². The fourth-order valence-corrected chi connectivity index (χ4v) is 5.46. The number of allylic oxidation sites excluding steroid dienone is 1. The lowest BCUT2D eigenvalue weighted by atomic mass is 9.68. The molecule has 0 aliphatic heterocycles. The molecule has 0 N–H and O–H groups in total. The van der Waals surface area contributed by atoms with Crippen molar-refractivity contribution in [2.45, 2.75) is 71.1 Å². The van der Waals surface area contributed by atoms with Crippen molar-refractivity contribution in [3.05, 3.63) is 40.9 Å². The first-order valence-corrected chi connectivity index (χ1v) is 11.4. The summed E-state index contributed by atoms with van der Waals surface area (Å²) in [5, 5.41) is 0. The van der Waals surface area contributed by atoms with Gasteiger partial charge < -0.3 is 4.74 Å². The van der Waals surface area contributed by atoms with Crippen LogP contribution in [0.5, 0.6) is 5.75 Å². The van der Waals surface area contributed by atoms with Crippen LogP contribution in [0.3, 0.4) is 0 Å². The molecule has 1 aromatic rings. The molecule has 0 radical (unpaired) electrons. The second kappa shape index (κ2) is 10.6. The van der Waals surface area contributed by atoms with Crippen LogP contribution in [0.15, 0.2) is 23.7 Å². The average molecular weight is 411 g/mol. The maximum Gasteiger partial charge on any atom is 0.200 e. The predicted octanol–water partition coefficient (Wildman–Crippen LogP) is 7.66. The molecule has 0 unspecified atom stereocenters. The number of ether oxygens (including phenoxy) is 1. The monoisotopic (exact) mass is 410 g/mol. The first kappa shape index (κ1) is 21.6. The van der Waals surface area contributed by atoms with E-state index in [-0.39, 0.29) is 5.75 Å². The third kappa shape index (κ3) is 5.49. The van der Waals surface area contributed by atoms with Crippen molar-refractivity contribution >= 4 is 11.6 Å². The summed E-state index contributed by atoms with van der Waals surface area (Å²) in [6.07, 6.45) is 14.0. The zero-order valence-corrected chi connectivity index (χ0v) is 17.7. The molecule has 2 fully saturated rings. The van der Waals surface area contributed by atoms with E-state index >= 15 is 0 Å². The number of benzene rings is 1. The van der Waals surface area contributed by atoms with Crippen LogP contribution >= 0.6 is 11.6 Å². The van der Waals surface area contributed by atoms with Crippen molar-refractivity contribution in [3.8, 4) is 5.75 Å². The molecule has 156 valence electrons. The largest absolute Gasteiger partial charge is 0.491 e. The van der Waals surface area contributed by atoms with Crippen molar-refractivity contribution < 1.29 is 13.5 Å². The van der Waals surface area contributed by atoms with E-state index in [1.54, 1.807) is 24.6 Å². The maximum absolute atomic E-state index is 14.3. The Kier molecular flexibility index (Phi) is 8.20. The minimum atomic E-state index is -0.845. The summed E-state index contributed by atoms with van der Waals surface area (Å²) in [4.78, 5) is 0. The molecule has 1 aromatic carbocycles. The molecule has 28 heavy (non-hydrogen) atoms. The second-order valence-electron chi connectivity index (χ2n) is 8.60. The first-order valence-electron chi connectivity index (χ1n) is 11.0. The van der Waals surface area contributed by atoms with E-state index in [9.17, 15) is 8.78 Å². The van der Waals surface area contributed by atoms with Gasteiger partial charge in [0.15, 0.2) is 11.6 Å². The quantitative estimate of drug-likeness (QED) is 0.448. The van der Waals surface area contributed by atoms with Crippen molar-refractivity contribution in [3.63, 3.8) is 0 Å². The molecule has 2 saturated carbocycles. The minimum Gasteiger partial charge on any atom is -0.491 e. The maximum atomic E-state index is 14.3. The lowest BCUT2D eigenvalue weighted by molar-refractivity contribution is 0.152. The Balaban J connectivity index is 1.43. The number of aryl methyl sites for hydroxylation is 1. The van der Waals surface area contributed by atoms with Gasteiger partial charge in [0.1, 0.15) is 0 Å². The van der Waals surface area contributed by atoms with Gasteiger partial charge in [0.25, 0.3) is 0 Å². The standard InChI is InChI=1S/C24H33ClF2O/c1-2-28-22-14-13-21(23(26)24(22)27)12-7-17-3-8-19(9-4-17)20-10-5-18(6-11-20)15-16-25/h13-20H,2-12H2,1H3. The van der Waals surface area contributed by atoms with Gasteiger partial charge >= 0.3 is 0 Å². The summed E-state index contributed by atoms with van der Waals surface area (Å²) < 4.78 is 33.4. The molecule has 0 amide bonds. The molecule has 4 heteroatoms. The molecule has 2 aliphatic rings. The number of rotatable bonds is 7. The van der Waals surface area contributed by atoms with E-state index in [2.05, 4.69) is 6.08 Å². The van der Waals surface area contributed by atoms with Gasteiger partial charge in [-0.05, 0) is 93.6 Å². The van der Waals surface area contributed by atoms with Gasteiger partial charge in [0.05, 0.1) is 6.61 Å². The summed E-state index contributed by atoms with van der Waals surface area (Å²) in [7, 11) is 0. The highest BCUT2D eigenvalue weighted by Crippen LogP contribution is 2.42. The van der Waals surface area contributed by atoms with Crippen molar-refractivity contribution in [2.75, 3.05) is 6.61 Å². The summed E-state index contributed by atoms with van der Waals surface area (Å²) >= 11 is 5.72. The molecule has 0 heterocycles. The van der Waals surface area contributed by atoms with Crippen LogP contribution < -0.4 is 4.74 Å². The predicted molar refractivity (Wildman–Crippen MR) is 112 cm³/mol. The average Bonchev–Trinajstić information content (AvgIpc) is 2.72. The van der Waals surface area contributed by atoms with Crippen LogP contribution in [0.2, 0.25) is 0 Å². The van der Waals surface area contributed by atoms with Crippen molar-refractivity contribution in [2.24, 2.45) is 23.7 Å². The van der Waals surface area contributed by atoms with Crippen LogP contribution in [0.4, 0.5) is 8.78 Å². The van der Waals surface area contributed by atoms with Gasteiger partial charge in [-0.3, -0.25) is 0 Å². The van der Waals surface area contributed by atoms with Gasteiger partial charge in [0, 0.05) is 5.54 Å². The highest BCUT2D eigenvalue weighted by Gasteiger charge is 2.30. The molecule has 3 rings (SSSR count). The Hall–Kier alpha value is -1.09. The van der Waals surface area contributed by atoms with Crippen LogP contribution in [0.1, 0.15) is 70.3 Å². The number of halogens is 3. The smallest absolute Gasteiger partial charge is 0.200 e. The van der Waals surface area contributed by atoms with E-state index in [1.165, 1.54) is 51.4 Å². The third-order valence-corrected chi connectivity index (χ3v) is 7.11. The topological polar surface area (TPSA) is 9.23 Å². The van der Waals surface area contributed by atoms with E-state index in [1.807, 2.05) is 0 Å². The summed E-state index contributed by atoms with van der Waals surface area (Å²) in [6, 6.07) is 3.24. The van der Waals surface area contributed by atoms with Gasteiger partial charge in [-0.15, -0.1) is 0 Å². The van der Waals surface area contributed by atoms with Gasteiger partial charge in [0.2, 0.25) is 5.82 Å². The zero-order chi connectivity index (χ0) is 19.9. The lowest BCUT2D eigenvalue weighted by Gasteiger charge is -2.37. The highest BCUT2D eigenvalue weighted by molar-refractivity contribution is 6.25. The Morgan fingerprint density at radius 3 is 2.21 bits per heavy atom. The normalized spacial score (nSPS) is 28.6. The Morgan fingerprint density at radius 2 is 1.61 bits per heavy atom. The van der Waals surface area contributed by atoms with Gasteiger partial charge in [-0.1, -0.05) is 36.6 Å². The van der Waals surface area contributed by atoms with E-state index in [0.29, 0.717) is 30.4 Å². The fourth-order valence-electron chi connectivity index (χ4n) is 5.25. The Morgan fingerprint density at radius 1 is 0.964 bits per heavy atom. The second-order valence-corrected chi connectivity index (χ2v) is 8.85. The van der Waals surface area contributed by atoms with Crippen molar-refractivity contribution in [1.29, 1.82) is 0 Å². The number of hydrogen-bond acceptors (Lipinski definition) is 1. The Bertz CT molecular complexity index is 644. The SMILES string of the molecule is CCOc1ccc(CCC2CCC(C3CCC(C=CCl)CC3)CC2)c(F)c1F. The zero-order valence-electron chi connectivity index (χ0n) is 16.9. The molecule has 0 aromatic heterocycles. The molecule has 0 bridgehead atoms. The number of hydrogen-bond donors (Lipinski definition) is 0. The molecule has 0 atom stereocenters. The highest BCUT2D eigenvalue weighted by atomic mass is 35.5. The van der Waals surface area contributed by atoms with Crippen LogP contribution in [-0.4, -0.2) is 6.61 Å². The van der Waals surface area contributed by atoms with E-state index in [0.717, 1.165) is 18.3 Å². The fraction of sp³-hybridized carbons (Fsp3) is 0.667. The molecule has 2 aliphatic carbocycles. The Labute approximate surface area is 173 Å². The first-order chi connectivity index (χ1) is 13.6. The summed E-state index contributed by atoms with van der Waals surface area (Å²) in [5.41, 5.74) is 2.16. The van der Waals surface area contributed by atoms with Crippen LogP contribution in [0, 0.1) is 35.3 Å². The molecule has 1 nitrogen and oxygen atoms in total. The lowest BCUT2D eigenvalue weighted by Crippen LogP contribution is -2.25.